The molecule has 3 fully saturated rings. The number of piperidine rings is 1. The molecule has 0 saturated carbocycles. The number of ether oxygens (including phenoxy) is 1. The van der Waals surface area contributed by atoms with Crippen molar-refractivity contribution in [2.75, 3.05) is 26.2 Å². The Morgan fingerprint density at radius 3 is 2.83 bits per heavy atom. The number of nitrogens with zero attached hydrogens (tertiary/aromatic N) is 4. The van der Waals surface area contributed by atoms with Gasteiger partial charge in [-0.25, -0.2) is 4.39 Å². The molecule has 3 saturated heterocycles. The van der Waals surface area contributed by atoms with Crippen molar-refractivity contribution in [1.29, 1.82) is 0 Å². The molecule has 0 spiro atoms. The molecule has 4 bridgehead atoms. The second kappa shape index (κ2) is 7.25. The number of fused-ring (bicyclic) bond motifs is 6. The van der Waals surface area contributed by atoms with E-state index in [4.69, 9.17) is 4.74 Å². The molecule has 2 aromatic heterocycles. The van der Waals surface area contributed by atoms with Gasteiger partial charge in [-0.3, -0.25) is 19.6 Å². The highest BCUT2D eigenvalue weighted by Crippen LogP contribution is 2.36. The zero-order chi connectivity index (χ0) is 20.2. The fraction of sp³-hybridized carbons (Fsp3) is 0.565. The van der Waals surface area contributed by atoms with Crippen LogP contribution < -0.4 is 5.56 Å². The summed E-state index contributed by atoms with van der Waals surface area (Å²) in [7, 11) is 0. The Hall–Kier alpha value is -2.09. The zero-order valence-corrected chi connectivity index (χ0v) is 17.0. The minimum Gasteiger partial charge on any atom is -0.375 e. The van der Waals surface area contributed by atoms with Crippen molar-refractivity contribution in [3.05, 3.63) is 63.6 Å². The first kappa shape index (κ1) is 18.7. The number of pyridine rings is 2. The number of aromatic nitrogens is 2. The predicted octanol–water partition coefficient (Wildman–Crippen LogP) is 1.97. The van der Waals surface area contributed by atoms with E-state index in [1.807, 2.05) is 10.6 Å². The predicted molar refractivity (Wildman–Crippen MR) is 110 cm³/mol. The van der Waals surface area contributed by atoms with Crippen LogP contribution in [-0.2, 0) is 24.4 Å². The van der Waals surface area contributed by atoms with Gasteiger partial charge in [0.2, 0.25) is 0 Å². The van der Waals surface area contributed by atoms with Crippen LogP contribution >= 0.6 is 0 Å². The monoisotopic (exact) mass is 410 g/mol. The topological polar surface area (TPSA) is 50.6 Å². The van der Waals surface area contributed by atoms with Gasteiger partial charge in [0.15, 0.2) is 0 Å². The number of halogens is 1. The fourth-order valence-electron chi connectivity index (χ4n) is 5.98. The summed E-state index contributed by atoms with van der Waals surface area (Å²) in [4.78, 5) is 22.2. The Morgan fingerprint density at radius 2 is 2.03 bits per heavy atom. The van der Waals surface area contributed by atoms with E-state index in [9.17, 15) is 9.18 Å². The van der Waals surface area contributed by atoms with Crippen LogP contribution in [0.5, 0.6) is 0 Å². The maximum Gasteiger partial charge on any atom is 0.255 e. The molecule has 0 unspecified atom stereocenters. The number of rotatable bonds is 4. The van der Waals surface area contributed by atoms with E-state index in [0.29, 0.717) is 36.2 Å². The van der Waals surface area contributed by atoms with Gasteiger partial charge in [0.25, 0.3) is 5.56 Å². The average Bonchev–Trinajstić information content (AvgIpc) is 3.35. The van der Waals surface area contributed by atoms with Crippen LogP contribution in [0.1, 0.15) is 35.7 Å². The molecule has 6 heterocycles. The molecule has 158 valence electrons. The van der Waals surface area contributed by atoms with Gasteiger partial charge in [-0.15, -0.1) is 0 Å². The summed E-state index contributed by atoms with van der Waals surface area (Å²) in [5.74, 6) is 0.505. The maximum absolute atomic E-state index is 14.0. The Kier molecular flexibility index (Phi) is 4.51. The first-order valence-electron chi connectivity index (χ1n) is 11.0. The van der Waals surface area contributed by atoms with Crippen molar-refractivity contribution in [1.82, 2.24) is 19.4 Å². The van der Waals surface area contributed by atoms with Gasteiger partial charge in [0.1, 0.15) is 5.82 Å². The average molecular weight is 410 g/mol. The largest absolute Gasteiger partial charge is 0.375 e. The summed E-state index contributed by atoms with van der Waals surface area (Å²) in [6, 6.07) is 7.77. The number of morpholine rings is 1. The molecule has 4 aliphatic heterocycles. The molecule has 7 heteroatoms. The second-order valence-corrected chi connectivity index (χ2v) is 9.40. The van der Waals surface area contributed by atoms with E-state index in [1.165, 1.54) is 6.07 Å². The lowest BCUT2D eigenvalue weighted by Crippen LogP contribution is -2.47. The van der Waals surface area contributed by atoms with Crippen molar-refractivity contribution in [3.8, 4) is 0 Å². The Labute approximate surface area is 175 Å². The van der Waals surface area contributed by atoms with E-state index >= 15 is 0 Å². The van der Waals surface area contributed by atoms with Gasteiger partial charge in [-0.1, -0.05) is 6.07 Å². The normalized spacial score (nSPS) is 30.6. The number of hydrogen-bond donors (Lipinski definition) is 0. The van der Waals surface area contributed by atoms with Crippen molar-refractivity contribution >= 4 is 0 Å². The minimum atomic E-state index is -0.240. The highest BCUT2D eigenvalue weighted by molar-refractivity contribution is 5.23. The van der Waals surface area contributed by atoms with E-state index in [0.717, 1.165) is 63.4 Å². The van der Waals surface area contributed by atoms with Crippen molar-refractivity contribution < 1.29 is 9.13 Å². The summed E-state index contributed by atoms with van der Waals surface area (Å²) in [5.41, 5.74) is 2.72. The van der Waals surface area contributed by atoms with Crippen LogP contribution in [0.2, 0.25) is 0 Å². The van der Waals surface area contributed by atoms with Gasteiger partial charge >= 0.3 is 0 Å². The molecule has 4 aliphatic rings. The molecule has 2 aromatic rings. The highest BCUT2D eigenvalue weighted by Gasteiger charge is 2.40. The summed E-state index contributed by atoms with van der Waals surface area (Å²) in [6.45, 7) is 5.48. The summed E-state index contributed by atoms with van der Waals surface area (Å²) >= 11 is 0. The molecule has 0 radical (unpaired) electrons. The van der Waals surface area contributed by atoms with Crippen LogP contribution in [0.25, 0.3) is 0 Å². The van der Waals surface area contributed by atoms with E-state index in [-0.39, 0.29) is 11.4 Å². The minimum absolute atomic E-state index is 0.176. The van der Waals surface area contributed by atoms with Crippen molar-refractivity contribution in [2.45, 2.75) is 50.5 Å². The van der Waals surface area contributed by atoms with Gasteiger partial charge in [-0.05, 0) is 37.0 Å². The van der Waals surface area contributed by atoms with Crippen LogP contribution in [0.3, 0.4) is 0 Å². The summed E-state index contributed by atoms with van der Waals surface area (Å²) < 4.78 is 21.8. The highest BCUT2D eigenvalue weighted by atomic mass is 19.1. The molecule has 0 amide bonds. The van der Waals surface area contributed by atoms with Crippen LogP contribution in [-0.4, -0.2) is 57.7 Å². The first-order chi connectivity index (χ1) is 14.6. The Balaban J connectivity index is 1.21. The molecule has 0 aromatic carbocycles. The SMILES string of the molecule is O=c1c(CN2C[C@H]3C[C@@H]2CO3)ccc2n1C[C@H]1C[C@@H]2CN(Cc2ncccc2F)C1. The quantitative estimate of drug-likeness (QED) is 0.772. The Morgan fingerprint density at radius 1 is 1.10 bits per heavy atom. The summed E-state index contributed by atoms with van der Waals surface area (Å²) in [6.07, 6.45) is 4.21. The third kappa shape index (κ3) is 3.20. The standard InChI is InChI=1S/C23H27FN4O2/c24-20-2-1-5-25-21(20)13-26-8-15-6-17(10-26)22-4-3-16(23(29)28(22)9-15)11-27-12-19-7-18(27)14-30-19/h1-5,15,17-19H,6-14H2/t15-,17+,18+,19+/m0/s1. The molecule has 0 N–H and O–H groups in total. The lowest BCUT2D eigenvalue weighted by molar-refractivity contribution is 0.0270. The third-order valence-corrected chi connectivity index (χ3v) is 7.35. The fourth-order valence-corrected chi connectivity index (χ4v) is 5.98. The lowest BCUT2D eigenvalue weighted by atomic mass is 9.83. The molecule has 6 rings (SSSR count). The van der Waals surface area contributed by atoms with Crippen LogP contribution in [0.15, 0.2) is 35.3 Å². The second-order valence-electron chi connectivity index (χ2n) is 9.40. The molecule has 0 aliphatic carbocycles. The molecule has 4 atom stereocenters. The van der Waals surface area contributed by atoms with E-state index in [2.05, 4.69) is 20.9 Å². The van der Waals surface area contributed by atoms with Gasteiger partial charge in [0, 0.05) is 68.7 Å². The van der Waals surface area contributed by atoms with Crippen molar-refractivity contribution in [2.24, 2.45) is 5.92 Å². The zero-order valence-electron chi connectivity index (χ0n) is 17.0. The van der Waals surface area contributed by atoms with Gasteiger partial charge in [0.05, 0.1) is 18.4 Å². The van der Waals surface area contributed by atoms with E-state index in [1.54, 1.807) is 12.3 Å². The molecular weight excluding hydrogens is 383 g/mol. The number of likely N-dealkylation sites (tertiary alicyclic amines) is 2. The van der Waals surface area contributed by atoms with E-state index < -0.39 is 0 Å². The number of hydrogen-bond acceptors (Lipinski definition) is 5. The maximum atomic E-state index is 14.0. The van der Waals surface area contributed by atoms with Gasteiger partial charge < -0.3 is 9.30 Å². The third-order valence-electron chi connectivity index (χ3n) is 7.35. The smallest absolute Gasteiger partial charge is 0.255 e. The Bertz CT molecular complexity index is 1020. The first-order valence-corrected chi connectivity index (χ1v) is 11.0. The summed E-state index contributed by atoms with van der Waals surface area (Å²) in [5, 5.41) is 0. The molecule has 6 nitrogen and oxygen atoms in total. The molecular formula is C23H27FN4O2. The lowest BCUT2D eigenvalue weighted by Gasteiger charge is -2.43. The molecule has 30 heavy (non-hydrogen) atoms. The van der Waals surface area contributed by atoms with Crippen molar-refractivity contribution in [3.63, 3.8) is 0 Å². The van der Waals surface area contributed by atoms with Crippen LogP contribution in [0, 0.1) is 11.7 Å². The van der Waals surface area contributed by atoms with Crippen LogP contribution in [0.4, 0.5) is 4.39 Å². The van der Waals surface area contributed by atoms with Gasteiger partial charge in [-0.2, -0.15) is 0 Å².